The van der Waals surface area contributed by atoms with Gasteiger partial charge in [0.2, 0.25) is 5.82 Å². The Hall–Kier alpha value is -6.10. The van der Waals surface area contributed by atoms with Crippen molar-refractivity contribution >= 4 is 0 Å². The Morgan fingerprint density at radius 3 is 0.694 bits per heavy atom. The first-order valence-electron chi connectivity index (χ1n) is 22.4. The van der Waals surface area contributed by atoms with E-state index < -0.39 is 0 Å². The Balaban J connectivity index is -0.0000000255. The normalized spacial score (nSPS) is 6.03. The predicted molar refractivity (Wildman–Crippen MR) is 346 cm³/mol. The molecule has 5 rings (SSSR count). The van der Waals surface area contributed by atoms with Gasteiger partial charge >= 0.3 is 0 Å². The first-order valence-corrected chi connectivity index (χ1v) is 22.4. The zero-order valence-electron chi connectivity index (χ0n) is 42.7. The van der Waals surface area contributed by atoms with Crippen molar-refractivity contribution in [3.63, 3.8) is 0 Å². The molecule has 1 aromatic heterocycles. The standard InChI is InChI=1S/C7H6N4.3C7H5N.6C3H8.C3H6.2C2H6.C2H4.10CH4/c1-2-4-6(5-3-1)7-8-10-11-9-7;3*8-6-7-4-2-1-3-5-7;7*1-3-2;3*1-2;;;;;;;;;;/h1-5H,(H,8,9,10,11);3*1-5H;6*3H2,1-2H3;3H,1H2,2H3;2*1-2H3;1-2H2;10*1H4. The summed E-state index contributed by atoms with van der Waals surface area (Å²) in [5.74, 6) is 0.630. The van der Waals surface area contributed by atoms with Crippen LogP contribution in [-0.4, -0.2) is 20.6 Å². The van der Waals surface area contributed by atoms with E-state index in [4.69, 9.17) is 15.8 Å². The largest absolute Gasteiger partial charge is 0.204 e. The van der Waals surface area contributed by atoms with Crippen molar-refractivity contribution in [1.29, 1.82) is 15.8 Å². The van der Waals surface area contributed by atoms with Crippen molar-refractivity contribution in [3.8, 4) is 29.6 Å². The van der Waals surface area contributed by atoms with Crippen LogP contribution in [-0.2, 0) is 0 Å². The van der Waals surface area contributed by atoms with Gasteiger partial charge in [-0.15, -0.1) is 29.9 Å². The molecular weight excluding hydrogens is 879 g/mol. The zero-order chi connectivity index (χ0) is 49.9. The van der Waals surface area contributed by atoms with Crippen LogP contribution >= 0.6 is 0 Å². The van der Waals surface area contributed by atoms with Crippen molar-refractivity contribution in [1.82, 2.24) is 20.6 Å². The number of aromatic amines is 1. The van der Waals surface area contributed by atoms with Gasteiger partial charge in [-0.25, -0.2) is 0 Å². The second kappa shape index (κ2) is 144. The molecule has 426 valence electrons. The van der Waals surface area contributed by atoms with E-state index in [9.17, 15) is 0 Å². The molecule has 0 fully saturated rings. The minimum Gasteiger partial charge on any atom is -0.192 e. The fourth-order valence-electron chi connectivity index (χ4n) is 2.41. The molecule has 0 aliphatic carbocycles. The number of tetrazole rings is 1. The lowest BCUT2D eigenvalue weighted by atomic mass is 10.2. The van der Waals surface area contributed by atoms with Gasteiger partial charge in [0.15, 0.2) is 0 Å². The number of benzene rings is 4. The summed E-state index contributed by atoms with van der Waals surface area (Å²) in [4.78, 5) is 0. The number of allylic oxidation sites excluding steroid dienone is 1. The summed E-state index contributed by atoms with van der Waals surface area (Å²) in [5.41, 5.74) is 3.12. The summed E-state index contributed by atoms with van der Waals surface area (Å²) in [7, 11) is 0. The molecule has 0 amide bonds. The Morgan fingerprint density at radius 2 is 0.569 bits per heavy atom. The van der Waals surface area contributed by atoms with Gasteiger partial charge in [-0.3, -0.25) is 0 Å². The fourth-order valence-corrected chi connectivity index (χ4v) is 2.41. The molecule has 5 aromatic rings. The van der Waals surface area contributed by atoms with Gasteiger partial charge in [0, 0.05) is 5.56 Å². The van der Waals surface area contributed by atoms with Crippen molar-refractivity contribution in [2.24, 2.45) is 0 Å². The maximum absolute atomic E-state index is 8.29. The molecule has 7 nitrogen and oxygen atoms in total. The Labute approximate surface area is 458 Å². The van der Waals surface area contributed by atoms with E-state index in [1.165, 1.54) is 38.5 Å². The molecule has 0 saturated carbocycles. The number of H-pyrrole nitrogens is 1. The van der Waals surface area contributed by atoms with E-state index in [1.54, 1.807) is 42.5 Å². The van der Waals surface area contributed by atoms with Crippen LogP contribution in [0.4, 0.5) is 0 Å². The lowest BCUT2D eigenvalue weighted by molar-refractivity contribution is 0.881. The van der Waals surface area contributed by atoms with E-state index in [0.717, 1.165) is 5.56 Å². The molecular formula is C65H131N7. The van der Waals surface area contributed by atoms with Gasteiger partial charge < -0.3 is 0 Å². The SMILES string of the molecule is C.C.C.C.C.C.C.C.C.C.C=C.C=CC.CC.CC.CCC.CCC.CCC.CCC.CCC.CCC.N#Cc1ccccc1.N#Cc1ccccc1.N#Cc1ccccc1.c1ccc(-c2nn[nH]n2)cc1. The zero-order valence-corrected chi connectivity index (χ0v) is 42.7. The molecule has 0 saturated heterocycles. The van der Waals surface area contributed by atoms with Crippen molar-refractivity contribution < 1.29 is 0 Å². The summed E-state index contributed by atoms with van der Waals surface area (Å²) in [6.07, 6.45) is 9.25. The molecule has 0 unspecified atom stereocenters. The average molecular weight is 1010 g/mol. The summed E-state index contributed by atoms with van der Waals surface area (Å²) in [6, 6.07) is 43.2. The Bertz CT molecular complexity index is 1370. The third-order valence-electron chi connectivity index (χ3n) is 4.09. The molecule has 1 N–H and O–H groups in total. The van der Waals surface area contributed by atoms with Gasteiger partial charge in [-0.2, -0.15) is 21.0 Å². The first-order chi connectivity index (χ1) is 30.2. The lowest BCUT2D eigenvalue weighted by Gasteiger charge is -1.89. The highest BCUT2D eigenvalue weighted by atomic mass is 15.5. The molecule has 0 aliphatic heterocycles. The number of nitrogens with zero attached hydrogens (tertiary/aromatic N) is 6. The van der Waals surface area contributed by atoms with E-state index in [0.29, 0.717) is 22.5 Å². The highest BCUT2D eigenvalue weighted by Gasteiger charge is 1.98. The number of hydrogen-bond donors (Lipinski definition) is 1. The summed E-state index contributed by atoms with van der Waals surface area (Å²) < 4.78 is 0. The number of rotatable bonds is 1. The molecule has 0 atom stereocenters. The van der Waals surface area contributed by atoms with Gasteiger partial charge in [-0.05, 0) is 48.5 Å². The first kappa shape index (κ1) is 126. The molecule has 0 bridgehead atoms. The van der Waals surface area contributed by atoms with E-state index in [1.807, 2.05) is 138 Å². The van der Waals surface area contributed by atoms with Crippen LogP contribution in [0.25, 0.3) is 11.4 Å². The molecule has 0 radical (unpaired) electrons. The average Bonchev–Trinajstić information content (AvgIpc) is 3.88. The fraction of sp³-hybridized carbons (Fsp3) is 0.508. The molecule has 1 heterocycles. The molecule has 0 spiro atoms. The van der Waals surface area contributed by atoms with Gasteiger partial charge in [0.05, 0.1) is 34.9 Å². The lowest BCUT2D eigenvalue weighted by Crippen LogP contribution is -1.78. The van der Waals surface area contributed by atoms with E-state index in [-0.39, 0.29) is 74.3 Å². The number of nitriles is 3. The van der Waals surface area contributed by atoms with Gasteiger partial charge in [-0.1, -0.05) is 315 Å². The summed E-state index contributed by atoms with van der Waals surface area (Å²) in [5, 5.41) is 38.4. The molecule has 0 aliphatic rings. The molecule has 72 heavy (non-hydrogen) atoms. The van der Waals surface area contributed by atoms with Crippen LogP contribution in [0.5, 0.6) is 0 Å². The molecule has 7 heteroatoms. The quantitative estimate of drug-likeness (QED) is 0.167. The van der Waals surface area contributed by atoms with Crippen LogP contribution in [0.3, 0.4) is 0 Å². The van der Waals surface area contributed by atoms with Crippen LogP contribution < -0.4 is 0 Å². The minimum atomic E-state index is 0. The number of nitrogens with one attached hydrogen (secondary N) is 1. The second-order valence-electron chi connectivity index (χ2n) is 11.2. The third-order valence-corrected chi connectivity index (χ3v) is 4.09. The maximum atomic E-state index is 8.29. The molecule has 4 aromatic carbocycles. The second-order valence-corrected chi connectivity index (χ2v) is 11.2. The van der Waals surface area contributed by atoms with Crippen molar-refractivity contribution in [2.45, 2.75) is 230 Å². The van der Waals surface area contributed by atoms with Crippen LogP contribution in [0.2, 0.25) is 0 Å². The van der Waals surface area contributed by atoms with E-state index >= 15 is 0 Å². The topological polar surface area (TPSA) is 126 Å². The third kappa shape index (κ3) is 137. The predicted octanol–water partition coefficient (Wildman–Crippen LogP) is 24.4. The van der Waals surface area contributed by atoms with E-state index in [2.05, 4.69) is 123 Å². The Kier molecular flexibility index (Phi) is 252. The minimum absolute atomic E-state index is 0. The summed E-state index contributed by atoms with van der Waals surface area (Å²) in [6.45, 7) is 44.8. The Morgan fingerprint density at radius 1 is 0.403 bits per heavy atom. The van der Waals surface area contributed by atoms with Crippen molar-refractivity contribution in [2.75, 3.05) is 0 Å². The maximum Gasteiger partial charge on any atom is 0.204 e. The monoisotopic (exact) mass is 1010 g/mol. The van der Waals surface area contributed by atoms with Crippen LogP contribution in [0, 0.1) is 34.0 Å². The van der Waals surface area contributed by atoms with Crippen LogP contribution in [0.1, 0.15) is 247 Å². The highest BCUT2D eigenvalue weighted by molar-refractivity contribution is 5.52. The van der Waals surface area contributed by atoms with Crippen LogP contribution in [0.15, 0.2) is 147 Å². The van der Waals surface area contributed by atoms with Gasteiger partial charge in [0.25, 0.3) is 0 Å². The van der Waals surface area contributed by atoms with Crippen molar-refractivity contribution in [3.05, 3.63) is 164 Å². The smallest absolute Gasteiger partial charge is 0.192 e. The summed E-state index contributed by atoms with van der Waals surface area (Å²) >= 11 is 0. The van der Waals surface area contributed by atoms with Gasteiger partial charge in [0.1, 0.15) is 0 Å². The number of aromatic nitrogens is 4. The number of hydrogen-bond acceptors (Lipinski definition) is 6. The highest BCUT2D eigenvalue weighted by Crippen LogP contribution is 2.10.